The average Bonchev–Trinajstić information content (AvgIpc) is 2.35. The van der Waals surface area contributed by atoms with Crippen LogP contribution in [0.1, 0.15) is 24.1 Å². The lowest BCUT2D eigenvalue weighted by Gasteiger charge is -2.14. The van der Waals surface area contributed by atoms with Gasteiger partial charge < -0.3 is 5.32 Å². The van der Waals surface area contributed by atoms with Gasteiger partial charge in [-0.15, -0.1) is 0 Å². The van der Waals surface area contributed by atoms with Crippen LogP contribution in [0.3, 0.4) is 0 Å². The number of nitrogens with zero attached hydrogens (tertiary/aromatic N) is 2. The van der Waals surface area contributed by atoms with Gasteiger partial charge >= 0.3 is 0 Å². The molecule has 1 unspecified atom stereocenters. The van der Waals surface area contributed by atoms with Crippen LogP contribution < -0.4 is 5.32 Å². The van der Waals surface area contributed by atoms with Crippen molar-refractivity contribution in [1.29, 1.82) is 0 Å². The lowest BCUT2D eigenvalue weighted by molar-refractivity contribution is 0.614. The van der Waals surface area contributed by atoms with Crippen LogP contribution in [-0.4, -0.2) is 9.97 Å². The van der Waals surface area contributed by atoms with Crippen LogP contribution in [0.5, 0.6) is 0 Å². The van der Waals surface area contributed by atoms with Gasteiger partial charge in [-0.1, -0.05) is 12.1 Å². The fraction of sp³-hybridized carbons (Fsp3) is 0.231. The van der Waals surface area contributed by atoms with Crippen LogP contribution in [0.25, 0.3) is 0 Å². The first kappa shape index (κ1) is 13.2. The number of halogens is 2. The molecule has 5 heteroatoms. The third-order valence-corrected chi connectivity index (χ3v) is 3.22. The van der Waals surface area contributed by atoms with E-state index in [2.05, 4.69) is 37.9 Å². The second-order valence-electron chi connectivity index (χ2n) is 4.10. The molecule has 0 amide bonds. The summed E-state index contributed by atoms with van der Waals surface area (Å²) in [6.07, 6.45) is 3.47. The van der Waals surface area contributed by atoms with Crippen molar-refractivity contribution in [1.82, 2.24) is 9.97 Å². The zero-order chi connectivity index (χ0) is 13.1. The maximum atomic E-state index is 13.5. The normalized spacial score (nSPS) is 12.2. The molecule has 0 spiro atoms. The molecule has 0 aliphatic heterocycles. The van der Waals surface area contributed by atoms with Gasteiger partial charge in [0.2, 0.25) is 5.95 Å². The largest absolute Gasteiger partial charge is 0.348 e. The van der Waals surface area contributed by atoms with E-state index in [1.165, 1.54) is 0 Å². The highest BCUT2D eigenvalue weighted by Crippen LogP contribution is 2.19. The van der Waals surface area contributed by atoms with Gasteiger partial charge in [0.05, 0.1) is 6.04 Å². The Balaban J connectivity index is 2.13. The second-order valence-corrected chi connectivity index (χ2v) is 5.35. The molecule has 1 N–H and O–H groups in total. The van der Waals surface area contributed by atoms with E-state index in [9.17, 15) is 4.39 Å². The van der Waals surface area contributed by atoms with Crippen molar-refractivity contribution in [2.75, 3.05) is 5.32 Å². The van der Waals surface area contributed by atoms with Crippen molar-refractivity contribution in [2.45, 2.75) is 19.9 Å². The monoisotopic (exact) mass is 357 g/mol. The maximum Gasteiger partial charge on any atom is 0.223 e. The zero-order valence-corrected chi connectivity index (χ0v) is 12.3. The fourth-order valence-electron chi connectivity index (χ4n) is 1.54. The number of hydrogen-bond donors (Lipinski definition) is 1. The van der Waals surface area contributed by atoms with Crippen LogP contribution >= 0.6 is 22.6 Å². The second kappa shape index (κ2) is 5.60. The quantitative estimate of drug-likeness (QED) is 0.852. The number of hydrogen-bond acceptors (Lipinski definition) is 3. The summed E-state index contributed by atoms with van der Waals surface area (Å²) >= 11 is 2.15. The molecule has 2 aromatic rings. The van der Waals surface area contributed by atoms with Crippen LogP contribution in [0.2, 0.25) is 0 Å². The van der Waals surface area contributed by atoms with E-state index in [1.807, 2.05) is 13.0 Å². The van der Waals surface area contributed by atoms with Crippen molar-refractivity contribution in [3.63, 3.8) is 0 Å². The van der Waals surface area contributed by atoms with Crippen LogP contribution in [-0.2, 0) is 0 Å². The van der Waals surface area contributed by atoms with Crippen molar-refractivity contribution in [3.05, 3.63) is 51.1 Å². The summed E-state index contributed by atoms with van der Waals surface area (Å²) in [5, 5.41) is 3.14. The first-order chi connectivity index (χ1) is 8.56. The molecule has 1 heterocycles. The molecule has 94 valence electrons. The van der Waals surface area contributed by atoms with Gasteiger partial charge in [-0.25, -0.2) is 14.4 Å². The fourth-order valence-corrected chi connectivity index (χ4v) is 1.82. The highest BCUT2D eigenvalue weighted by atomic mass is 127. The Kier molecular flexibility index (Phi) is 4.11. The molecule has 0 radical (unpaired) electrons. The number of nitrogens with one attached hydrogen (secondary N) is 1. The Bertz CT molecular complexity index is 542. The Morgan fingerprint density at radius 1 is 1.28 bits per heavy atom. The predicted octanol–water partition coefficient (Wildman–Crippen LogP) is 3.70. The van der Waals surface area contributed by atoms with E-state index in [0.717, 1.165) is 9.13 Å². The minimum Gasteiger partial charge on any atom is -0.348 e. The molecule has 1 atom stereocenters. The summed E-state index contributed by atoms with van der Waals surface area (Å²) in [6.45, 7) is 3.70. The molecule has 0 fully saturated rings. The minimum absolute atomic E-state index is 0.0415. The molecule has 18 heavy (non-hydrogen) atoms. The van der Waals surface area contributed by atoms with E-state index in [1.54, 1.807) is 31.5 Å². The third-order valence-electron chi connectivity index (χ3n) is 2.66. The molecule has 2 rings (SSSR count). The van der Waals surface area contributed by atoms with E-state index in [4.69, 9.17) is 0 Å². The number of aromatic nitrogens is 2. The molecular weight excluding hydrogens is 344 g/mol. The predicted molar refractivity (Wildman–Crippen MR) is 77.9 cm³/mol. The maximum absolute atomic E-state index is 13.5. The van der Waals surface area contributed by atoms with Gasteiger partial charge in [0.1, 0.15) is 5.82 Å². The van der Waals surface area contributed by atoms with Gasteiger partial charge in [-0.2, -0.15) is 0 Å². The van der Waals surface area contributed by atoms with E-state index in [-0.39, 0.29) is 11.9 Å². The number of aryl methyl sites for hydroxylation is 1. The first-order valence-corrected chi connectivity index (χ1v) is 6.64. The smallest absolute Gasteiger partial charge is 0.223 e. The summed E-state index contributed by atoms with van der Waals surface area (Å²) in [7, 11) is 0. The lowest BCUT2D eigenvalue weighted by atomic mass is 10.1. The first-order valence-electron chi connectivity index (χ1n) is 5.56. The summed E-state index contributed by atoms with van der Waals surface area (Å²) in [4.78, 5) is 8.32. The van der Waals surface area contributed by atoms with Crippen LogP contribution in [0.15, 0.2) is 30.6 Å². The van der Waals surface area contributed by atoms with E-state index in [0.29, 0.717) is 11.5 Å². The molecule has 3 nitrogen and oxygen atoms in total. The number of anilines is 1. The van der Waals surface area contributed by atoms with Gasteiger partial charge in [0, 0.05) is 16.0 Å². The molecule has 0 bridgehead atoms. The third kappa shape index (κ3) is 3.16. The van der Waals surface area contributed by atoms with Crippen LogP contribution in [0, 0.1) is 16.3 Å². The summed E-state index contributed by atoms with van der Waals surface area (Å²) < 4.78 is 14.5. The lowest BCUT2D eigenvalue weighted by Crippen LogP contribution is -2.09. The van der Waals surface area contributed by atoms with Gasteiger partial charge in [0.15, 0.2) is 0 Å². The summed E-state index contributed by atoms with van der Waals surface area (Å²) in [6, 6.07) is 5.18. The molecule has 1 aromatic heterocycles. The van der Waals surface area contributed by atoms with E-state index < -0.39 is 0 Å². The SMILES string of the molecule is Cc1ccc(C(C)Nc2ncc(I)cn2)cc1F. The van der Waals surface area contributed by atoms with Crippen LogP contribution in [0.4, 0.5) is 10.3 Å². The Morgan fingerprint density at radius 3 is 2.56 bits per heavy atom. The minimum atomic E-state index is -0.190. The van der Waals surface area contributed by atoms with Gasteiger partial charge in [-0.3, -0.25) is 0 Å². The Hall–Kier alpha value is -1.24. The van der Waals surface area contributed by atoms with Crippen molar-refractivity contribution in [2.24, 2.45) is 0 Å². The highest BCUT2D eigenvalue weighted by molar-refractivity contribution is 14.1. The topological polar surface area (TPSA) is 37.8 Å². The van der Waals surface area contributed by atoms with Gasteiger partial charge in [-0.05, 0) is 53.6 Å². The Labute approximate surface area is 119 Å². The van der Waals surface area contributed by atoms with Crippen molar-refractivity contribution >= 4 is 28.5 Å². The van der Waals surface area contributed by atoms with E-state index >= 15 is 0 Å². The molecule has 0 aliphatic rings. The number of benzene rings is 1. The molecule has 0 saturated carbocycles. The van der Waals surface area contributed by atoms with Gasteiger partial charge in [0.25, 0.3) is 0 Å². The average molecular weight is 357 g/mol. The van der Waals surface area contributed by atoms with Crippen molar-refractivity contribution in [3.8, 4) is 0 Å². The van der Waals surface area contributed by atoms with Crippen molar-refractivity contribution < 1.29 is 4.39 Å². The molecule has 0 aliphatic carbocycles. The zero-order valence-electron chi connectivity index (χ0n) is 10.1. The highest BCUT2D eigenvalue weighted by Gasteiger charge is 2.08. The molecular formula is C13H13FIN3. The molecule has 0 saturated heterocycles. The summed E-state index contributed by atoms with van der Waals surface area (Å²) in [5.74, 6) is 0.355. The Morgan fingerprint density at radius 2 is 1.94 bits per heavy atom. The number of rotatable bonds is 3. The molecule has 1 aromatic carbocycles. The standard InChI is InChI=1S/C13H13FIN3/c1-8-3-4-10(5-12(8)14)9(2)18-13-16-6-11(15)7-17-13/h3-7,9H,1-2H3,(H,16,17,18). The summed E-state index contributed by atoms with van der Waals surface area (Å²) in [5.41, 5.74) is 1.52.